The van der Waals surface area contributed by atoms with Gasteiger partial charge in [-0.2, -0.15) is 0 Å². The first kappa shape index (κ1) is 9.25. The molecular formula is C7H5BrF2O2. The van der Waals surface area contributed by atoms with Crippen molar-refractivity contribution in [1.29, 1.82) is 0 Å². The second-order valence-electron chi connectivity index (χ2n) is 1.99. The number of hydrogen-bond donors (Lipinski definition) is 1. The van der Waals surface area contributed by atoms with Gasteiger partial charge in [0.05, 0.1) is 4.47 Å². The van der Waals surface area contributed by atoms with Crippen LogP contribution in [0.25, 0.3) is 0 Å². The standard InChI is InChI=1S/C7H5BrF2O2/c8-7-5(10)1-4(11)2-6(7)12-3-9/h1-2,11H,3H2. The Morgan fingerprint density at radius 3 is 2.75 bits per heavy atom. The molecule has 0 bridgehead atoms. The summed E-state index contributed by atoms with van der Waals surface area (Å²) in [6.07, 6.45) is 0. The van der Waals surface area contributed by atoms with Crippen LogP contribution < -0.4 is 4.74 Å². The van der Waals surface area contributed by atoms with Crippen LogP contribution in [0.2, 0.25) is 0 Å². The van der Waals surface area contributed by atoms with E-state index in [0.29, 0.717) is 0 Å². The molecule has 0 aliphatic heterocycles. The number of phenols is 1. The van der Waals surface area contributed by atoms with Gasteiger partial charge in [-0.3, -0.25) is 0 Å². The van der Waals surface area contributed by atoms with Gasteiger partial charge in [0.15, 0.2) is 0 Å². The van der Waals surface area contributed by atoms with E-state index in [1.54, 1.807) is 0 Å². The summed E-state index contributed by atoms with van der Waals surface area (Å²) < 4.78 is 28.8. The topological polar surface area (TPSA) is 29.5 Å². The van der Waals surface area contributed by atoms with E-state index in [0.717, 1.165) is 12.1 Å². The molecule has 0 heterocycles. The molecule has 0 aliphatic carbocycles. The predicted octanol–water partition coefficient (Wildman–Crippen LogP) is 2.60. The molecule has 1 rings (SSSR count). The number of ether oxygens (including phenoxy) is 1. The van der Waals surface area contributed by atoms with Crippen LogP contribution in [0.3, 0.4) is 0 Å². The van der Waals surface area contributed by atoms with Crippen molar-refractivity contribution >= 4 is 15.9 Å². The van der Waals surface area contributed by atoms with Crippen LogP contribution >= 0.6 is 15.9 Å². The first-order valence-electron chi connectivity index (χ1n) is 3.02. The van der Waals surface area contributed by atoms with E-state index in [1.807, 2.05) is 0 Å². The Balaban J connectivity index is 3.09. The monoisotopic (exact) mass is 238 g/mol. The highest BCUT2D eigenvalue weighted by Gasteiger charge is 2.08. The Morgan fingerprint density at radius 1 is 1.50 bits per heavy atom. The maximum absolute atomic E-state index is 12.8. The van der Waals surface area contributed by atoms with Crippen LogP contribution in [-0.2, 0) is 0 Å². The van der Waals surface area contributed by atoms with E-state index in [2.05, 4.69) is 20.7 Å². The third-order valence-electron chi connectivity index (χ3n) is 1.19. The molecule has 0 radical (unpaired) electrons. The SMILES string of the molecule is Oc1cc(F)c(Br)c(OCF)c1. The Labute approximate surface area is 75.9 Å². The van der Waals surface area contributed by atoms with Crippen molar-refractivity contribution in [3.8, 4) is 11.5 Å². The lowest BCUT2D eigenvalue weighted by atomic mass is 10.3. The molecule has 0 unspecified atom stereocenters. The van der Waals surface area contributed by atoms with Crippen molar-refractivity contribution in [1.82, 2.24) is 0 Å². The van der Waals surface area contributed by atoms with Crippen molar-refractivity contribution in [3.05, 3.63) is 22.4 Å². The molecule has 1 N–H and O–H groups in total. The van der Waals surface area contributed by atoms with Crippen molar-refractivity contribution < 1.29 is 18.6 Å². The van der Waals surface area contributed by atoms with Gasteiger partial charge in [-0.25, -0.2) is 8.78 Å². The fourth-order valence-corrected chi connectivity index (χ4v) is 1.06. The Morgan fingerprint density at radius 2 is 2.17 bits per heavy atom. The number of benzene rings is 1. The highest BCUT2D eigenvalue weighted by Crippen LogP contribution is 2.31. The minimum atomic E-state index is -1.07. The summed E-state index contributed by atoms with van der Waals surface area (Å²) in [5.74, 6) is -1.06. The fraction of sp³-hybridized carbons (Fsp3) is 0.143. The number of aromatic hydroxyl groups is 1. The molecule has 0 aliphatic rings. The zero-order valence-corrected chi connectivity index (χ0v) is 7.44. The minimum Gasteiger partial charge on any atom is -0.508 e. The molecule has 2 nitrogen and oxygen atoms in total. The Kier molecular flexibility index (Phi) is 2.86. The fourth-order valence-electron chi connectivity index (χ4n) is 0.714. The molecule has 1 aromatic rings. The summed E-state index contributed by atoms with van der Waals surface area (Å²) in [6, 6.07) is 2.02. The van der Waals surface area contributed by atoms with E-state index in [4.69, 9.17) is 5.11 Å². The Bertz CT molecular complexity index is 291. The van der Waals surface area contributed by atoms with Gasteiger partial charge in [-0.15, -0.1) is 0 Å². The molecule has 0 saturated carbocycles. The first-order valence-corrected chi connectivity index (χ1v) is 3.81. The Hall–Kier alpha value is -0.840. The van der Waals surface area contributed by atoms with Crippen molar-refractivity contribution in [2.45, 2.75) is 0 Å². The molecule has 1 aromatic carbocycles. The number of rotatable bonds is 2. The van der Waals surface area contributed by atoms with Gasteiger partial charge in [0.25, 0.3) is 0 Å². The van der Waals surface area contributed by atoms with E-state index >= 15 is 0 Å². The summed E-state index contributed by atoms with van der Waals surface area (Å²) >= 11 is 2.84. The number of phenolic OH excluding ortho intramolecular Hbond substituents is 1. The molecular weight excluding hydrogens is 234 g/mol. The average molecular weight is 239 g/mol. The highest BCUT2D eigenvalue weighted by atomic mass is 79.9. The molecule has 5 heteroatoms. The molecule has 0 spiro atoms. The average Bonchev–Trinajstić information content (AvgIpc) is 2.00. The van der Waals surface area contributed by atoms with Crippen molar-refractivity contribution in [2.24, 2.45) is 0 Å². The highest BCUT2D eigenvalue weighted by molar-refractivity contribution is 9.10. The van der Waals surface area contributed by atoms with E-state index < -0.39 is 12.7 Å². The smallest absolute Gasteiger partial charge is 0.228 e. The van der Waals surface area contributed by atoms with Crippen molar-refractivity contribution in [2.75, 3.05) is 6.86 Å². The van der Waals surface area contributed by atoms with Gasteiger partial charge in [-0.1, -0.05) is 0 Å². The second kappa shape index (κ2) is 3.71. The van der Waals surface area contributed by atoms with Gasteiger partial charge in [0, 0.05) is 12.1 Å². The summed E-state index contributed by atoms with van der Waals surface area (Å²) in [7, 11) is 0. The van der Waals surface area contributed by atoms with Crippen LogP contribution in [0.5, 0.6) is 11.5 Å². The van der Waals surface area contributed by atoms with Crippen molar-refractivity contribution in [3.63, 3.8) is 0 Å². The van der Waals surface area contributed by atoms with Crippen LogP contribution in [0.15, 0.2) is 16.6 Å². The summed E-state index contributed by atoms with van der Waals surface area (Å²) in [4.78, 5) is 0. The maximum atomic E-state index is 12.8. The predicted molar refractivity (Wildman–Crippen MR) is 42.4 cm³/mol. The molecule has 0 amide bonds. The van der Waals surface area contributed by atoms with Crippen LogP contribution in [0.1, 0.15) is 0 Å². The second-order valence-corrected chi connectivity index (χ2v) is 2.79. The molecule has 66 valence electrons. The largest absolute Gasteiger partial charge is 0.508 e. The zero-order chi connectivity index (χ0) is 9.14. The van der Waals surface area contributed by atoms with Crippen LogP contribution in [0, 0.1) is 5.82 Å². The normalized spacial score (nSPS) is 9.92. The molecule has 0 aromatic heterocycles. The number of halogens is 3. The van der Waals surface area contributed by atoms with Gasteiger partial charge < -0.3 is 9.84 Å². The van der Waals surface area contributed by atoms with Gasteiger partial charge in [-0.05, 0) is 15.9 Å². The van der Waals surface area contributed by atoms with Gasteiger partial charge in [0.2, 0.25) is 6.86 Å². The maximum Gasteiger partial charge on any atom is 0.228 e. The number of alkyl halides is 1. The zero-order valence-electron chi connectivity index (χ0n) is 5.85. The lowest BCUT2D eigenvalue weighted by molar-refractivity contribution is 0.189. The quantitative estimate of drug-likeness (QED) is 0.859. The minimum absolute atomic E-state index is 0.00190. The third kappa shape index (κ3) is 1.85. The third-order valence-corrected chi connectivity index (χ3v) is 1.96. The number of hydrogen-bond acceptors (Lipinski definition) is 2. The van der Waals surface area contributed by atoms with E-state index in [-0.39, 0.29) is 16.0 Å². The van der Waals surface area contributed by atoms with Crippen LogP contribution in [0.4, 0.5) is 8.78 Å². The van der Waals surface area contributed by atoms with E-state index in [9.17, 15) is 8.78 Å². The summed E-state index contributed by atoms with van der Waals surface area (Å²) in [6.45, 7) is -1.07. The first-order chi connectivity index (χ1) is 5.65. The lowest BCUT2D eigenvalue weighted by Gasteiger charge is -2.04. The molecule has 0 atom stereocenters. The lowest BCUT2D eigenvalue weighted by Crippen LogP contribution is -1.92. The summed E-state index contributed by atoms with van der Waals surface area (Å²) in [5, 5.41) is 8.88. The van der Waals surface area contributed by atoms with Gasteiger partial charge >= 0.3 is 0 Å². The molecule has 12 heavy (non-hydrogen) atoms. The van der Waals surface area contributed by atoms with E-state index in [1.165, 1.54) is 0 Å². The van der Waals surface area contributed by atoms with Crippen LogP contribution in [-0.4, -0.2) is 12.0 Å². The molecule has 0 fully saturated rings. The van der Waals surface area contributed by atoms with Gasteiger partial charge in [0.1, 0.15) is 17.3 Å². The molecule has 0 saturated heterocycles. The summed E-state index contributed by atoms with van der Waals surface area (Å²) in [5.41, 5.74) is 0.